The third-order valence-electron chi connectivity index (χ3n) is 6.28. The van der Waals surface area contributed by atoms with Crippen molar-refractivity contribution in [2.24, 2.45) is 17.4 Å². The van der Waals surface area contributed by atoms with E-state index in [1.54, 1.807) is 20.0 Å². The molecule has 1 heterocycles. The van der Waals surface area contributed by atoms with E-state index in [2.05, 4.69) is 20.9 Å². The summed E-state index contributed by atoms with van der Waals surface area (Å²) >= 11 is 0. The standard InChI is InChI=1S/C26H36N6O8/c1-13(2)22(25(38)31-19(26(39)40)11-14-12-29-17-6-4-3-5-15(14)17)32-24(37)18(8-9-20(28)33)30-23(36)16(27)7-10-21(34)35/h3-6,12-13,16,18-19,22,29H,7-11,27H2,1-2H3,(H2,28,33)(H,30,36)(H,31,38)(H,32,37)(H,34,35)(H,39,40). The summed E-state index contributed by atoms with van der Waals surface area (Å²) in [6, 6.07) is 2.27. The first-order chi connectivity index (χ1) is 18.8. The quantitative estimate of drug-likeness (QED) is 0.130. The van der Waals surface area contributed by atoms with Crippen molar-refractivity contribution in [3.05, 3.63) is 36.0 Å². The Hall–Kier alpha value is -4.46. The number of fused-ring (bicyclic) bond motifs is 1. The molecule has 4 atom stereocenters. The molecule has 4 unspecified atom stereocenters. The summed E-state index contributed by atoms with van der Waals surface area (Å²) in [5.74, 6) is -6.04. The molecule has 0 bridgehead atoms. The number of H-pyrrole nitrogens is 1. The van der Waals surface area contributed by atoms with Crippen molar-refractivity contribution in [1.82, 2.24) is 20.9 Å². The summed E-state index contributed by atoms with van der Waals surface area (Å²) in [6.07, 6.45) is 0.619. The van der Waals surface area contributed by atoms with Gasteiger partial charge in [0.15, 0.2) is 0 Å². The monoisotopic (exact) mass is 560 g/mol. The zero-order valence-electron chi connectivity index (χ0n) is 22.3. The molecule has 218 valence electrons. The molecule has 4 amide bonds. The van der Waals surface area contributed by atoms with Gasteiger partial charge in [0.05, 0.1) is 6.04 Å². The molecular formula is C26H36N6O8. The molecular weight excluding hydrogens is 524 g/mol. The highest BCUT2D eigenvalue weighted by molar-refractivity contribution is 5.95. The van der Waals surface area contributed by atoms with Gasteiger partial charge in [0.25, 0.3) is 0 Å². The van der Waals surface area contributed by atoms with Crippen molar-refractivity contribution in [3.8, 4) is 0 Å². The smallest absolute Gasteiger partial charge is 0.326 e. The second-order valence-electron chi connectivity index (χ2n) is 9.80. The number of aliphatic carboxylic acids is 2. The SMILES string of the molecule is CC(C)C(NC(=O)C(CCC(N)=O)NC(=O)C(N)CCC(=O)O)C(=O)NC(Cc1c[nH]c2ccccc12)C(=O)O. The molecule has 40 heavy (non-hydrogen) atoms. The van der Waals surface area contributed by atoms with Crippen molar-refractivity contribution in [2.45, 2.75) is 70.1 Å². The fraction of sp³-hybridized carbons (Fsp3) is 0.462. The van der Waals surface area contributed by atoms with Crippen LogP contribution in [0.3, 0.4) is 0 Å². The minimum absolute atomic E-state index is 0.0185. The first-order valence-electron chi connectivity index (χ1n) is 12.7. The number of nitrogens with two attached hydrogens (primary N) is 2. The van der Waals surface area contributed by atoms with E-state index in [1.807, 2.05) is 24.3 Å². The largest absolute Gasteiger partial charge is 0.481 e. The summed E-state index contributed by atoms with van der Waals surface area (Å²) in [5, 5.41) is 26.8. The van der Waals surface area contributed by atoms with E-state index >= 15 is 0 Å². The number of hydrogen-bond donors (Lipinski definition) is 8. The number of primary amides is 1. The fourth-order valence-electron chi connectivity index (χ4n) is 4.02. The minimum Gasteiger partial charge on any atom is -0.481 e. The Kier molecular flexibility index (Phi) is 11.6. The topological polar surface area (TPSA) is 247 Å². The first kappa shape index (κ1) is 31.8. The Bertz CT molecular complexity index is 1240. The van der Waals surface area contributed by atoms with Crippen molar-refractivity contribution >= 4 is 46.5 Å². The number of carbonyl (C=O) groups is 6. The van der Waals surface area contributed by atoms with Gasteiger partial charge in [0, 0.05) is 36.4 Å². The maximum absolute atomic E-state index is 13.2. The van der Waals surface area contributed by atoms with Gasteiger partial charge in [-0.25, -0.2) is 4.79 Å². The number of hydrogen-bond acceptors (Lipinski definition) is 7. The van der Waals surface area contributed by atoms with Gasteiger partial charge in [0.2, 0.25) is 23.6 Å². The van der Waals surface area contributed by atoms with Gasteiger partial charge in [0.1, 0.15) is 18.1 Å². The molecule has 2 rings (SSSR count). The zero-order valence-corrected chi connectivity index (χ0v) is 22.3. The summed E-state index contributed by atoms with van der Waals surface area (Å²) in [7, 11) is 0. The van der Waals surface area contributed by atoms with Crippen molar-refractivity contribution in [1.29, 1.82) is 0 Å². The molecule has 0 fully saturated rings. The van der Waals surface area contributed by atoms with Crippen molar-refractivity contribution in [2.75, 3.05) is 0 Å². The summed E-state index contributed by atoms with van der Waals surface area (Å²) in [4.78, 5) is 75.9. The number of carbonyl (C=O) groups excluding carboxylic acids is 4. The molecule has 0 aliphatic rings. The van der Waals surface area contributed by atoms with Gasteiger partial charge < -0.3 is 42.6 Å². The van der Waals surface area contributed by atoms with Crippen LogP contribution >= 0.6 is 0 Å². The lowest BCUT2D eigenvalue weighted by Crippen LogP contribution is -2.58. The number of benzene rings is 1. The highest BCUT2D eigenvalue weighted by Gasteiger charge is 2.32. The van der Waals surface area contributed by atoms with Crippen LogP contribution in [0.4, 0.5) is 0 Å². The fourth-order valence-corrected chi connectivity index (χ4v) is 4.02. The molecule has 10 N–H and O–H groups in total. The molecule has 2 aromatic rings. The number of aromatic amines is 1. The Balaban J connectivity index is 2.15. The molecule has 1 aromatic carbocycles. The van der Waals surface area contributed by atoms with Crippen LogP contribution in [0.15, 0.2) is 30.5 Å². The van der Waals surface area contributed by atoms with Gasteiger partial charge in [-0.15, -0.1) is 0 Å². The summed E-state index contributed by atoms with van der Waals surface area (Å²) in [5.41, 5.74) is 12.4. The lowest BCUT2D eigenvalue weighted by atomic mass is 10.00. The van der Waals surface area contributed by atoms with Crippen LogP contribution in [0.2, 0.25) is 0 Å². The van der Waals surface area contributed by atoms with Crippen molar-refractivity contribution < 1.29 is 39.0 Å². The van der Waals surface area contributed by atoms with Gasteiger partial charge in [-0.2, -0.15) is 0 Å². The minimum atomic E-state index is -1.31. The van der Waals surface area contributed by atoms with E-state index in [0.717, 1.165) is 10.9 Å². The lowest BCUT2D eigenvalue weighted by molar-refractivity contribution is -0.142. The first-order valence-corrected chi connectivity index (χ1v) is 12.7. The van der Waals surface area contributed by atoms with Gasteiger partial charge in [-0.05, 0) is 30.4 Å². The molecule has 14 heteroatoms. The molecule has 1 aromatic heterocycles. The van der Waals surface area contributed by atoms with Crippen LogP contribution in [0, 0.1) is 5.92 Å². The van der Waals surface area contributed by atoms with Crippen LogP contribution in [-0.4, -0.2) is 74.9 Å². The third kappa shape index (κ3) is 9.38. The number of amides is 4. The predicted octanol–water partition coefficient (Wildman–Crippen LogP) is -0.637. The molecule has 0 spiro atoms. The highest BCUT2D eigenvalue weighted by atomic mass is 16.4. The van der Waals surface area contributed by atoms with E-state index in [-0.39, 0.29) is 32.1 Å². The van der Waals surface area contributed by atoms with Crippen LogP contribution < -0.4 is 27.4 Å². The van der Waals surface area contributed by atoms with E-state index < -0.39 is 65.7 Å². The molecule has 0 saturated carbocycles. The van der Waals surface area contributed by atoms with E-state index in [9.17, 15) is 33.9 Å². The second-order valence-corrected chi connectivity index (χ2v) is 9.80. The van der Waals surface area contributed by atoms with Crippen LogP contribution in [-0.2, 0) is 35.2 Å². The maximum Gasteiger partial charge on any atom is 0.326 e. The number of nitrogens with one attached hydrogen (secondary N) is 4. The Morgan fingerprint density at radius 2 is 1.52 bits per heavy atom. The third-order valence-corrected chi connectivity index (χ3v) is 6.28. The Morgan fingerprint density at radius 1 is 0.875 bits per heavy atom. The average molecular weight is 561 g/mol. The normalized spacial score (nSPS) is 14.1. The molecule has 0 aliphatic carbocycles. The Morgan fingerprint density at radius 3 is 2.12 bits per heavy atom. The van der Waals surface area contributed by atoms with Gasteiger partial charge >= 0.3 is 11.9 Å². The number of para-hydroxylation sites is 1. The number of aromatic nitrogens is 1. The molecule has 0 aliphatic heterocycles. The summed E-state index contributed by atoms with van der Waals surface area (Å²) in [6.45, 7) is 3.28. The molecule has 0 radical (unpaired) electrons. The van der Waals surface area contributed by atoms with Gasteiger partial charge in [-0.1, -0.05) is 32.0 Å². The van der Waals surface area contributed by atoms with E-state index in [1.165, 1.54) is 0 Å². The van der Waals surface area contributed by atoms with Crippen LogP contribution in [0.25, 0.3) is 10.9 Å². The maximum atomic E-state index is 13.2. The average Bonchev–Trinajstić information content (AvgIpc) is 3.29. The molecule has 14 nitrogen and oxygen atoms in total. The lowest BCUT2D eigenvalue weighted by Gasteiger charge is -2.27. The van der Waals surface area contributed by atoms with Crippen LogP contribution in [0.5, 0.6) is 0 Å². The van der Waals surface area contributed by atoms with E-state index in [4.69, 9.17) is 16.6 Å². The second kappa shape index (κ2) is 14.6. The van der Waals surface area contributed by atoms with Crippen LogP contribution in [0.1, 0.15) is 45.1 Å². The molecule has 0 saturated heterocycles. The highest BCUT2D eigenvalue weighted by Crippen LogP contribution is 2.19. The summed E-state index contributed by atoms with van der Waals surface area (Å²) < 4.78 is 0. The van der Waals surface area contributed by atoms with E-state index in [0.29, 0.717) is 5.56 Å². The number of carboxylic acids is 2. The predicted molar refractivity (Wildman–Crippen MR) is 144 cm³/mol. The van der Waals surface area contributed by atoms with Crippen molar-refractivity contribution in [3.63, 3.8) is 0 Å². The zero-order chi connectivity index (χ0) is 30.0. The number of rotatable bonds is 16. The van der Waals surface area contributed by atoms with Gasteiger partial charge in [-0.3, -0.25) is 24.0 Å². The number of carboxylic acid groups (broad SMARTS) is 2. The Labute approximate surface area is 230 Å².